The zero-order chi connectivity index (χ0) is 90.3. The molecule has 4 rings (SSSR count). The highest BCUT2D eigenvalue weighted by molar-refractivity contribution is 8.76. The van der Waals surface area contributed by atoms with Gasteiger partial charge in [-0.2, -0.15) is 0 Å². The number of unbranched alkanes of at least 4 members (excludes halogenated alkanes) is 11. The number of nitro groups is 1. The lowest BCUT2D eigenvalue weighted by atomic mass is 9.96. The maximum absolute atomic E-state index is 14.2. The SMILES string of the molecule is CC[C@H](C)[C@H](NC(=O)[C@H](CCC(N)=O)NC(=O)C1CCCN1C(=O)CCCCCCCCCCCCCCC(=O)N[C@@H](CO)C(=O)N[C@H](C(=O)N[C@@H](CC(C)C)C(=O)N[C@@H](CC(N)=O)C(=O)N[C@@H](CSSc1ccc([N+](=O)[O-])c(C(=O)O)c1)C(=O)O)[C@@H](C)O)C(=O)N[C@H](C(=O)N[C@@H](CC(C)C)C(=O)N[C@@H](Cc1c[nH]c2ccccc12)C(=O)O)C(C)O. The normalized spacial score (nSPS) is 15.8. The molecule has 1 aliphatic heterocycles. The maximum Gasteiger partial charge on any atom is 0.342 e. The van der Waals surface area contributed by atoms with Gasteiger partial charge in [0.15, 0.2) is 0 Å². The van der Waals surface area contributed by atoms with Gasteiger partial charge in [-0.1, -0.05) is 152 Å². The van der Waals surface area contributed by atoms with Crippen molar-refractivity contribution in [3.05, 3.63) is 69.9 Å². The molecule has 0 aliphatic carbocycles. The number of nitrogens with zero attached hydrogens (tertiary/aromatic N) is 2. The molecule has 1 aromatic heterocycles. The lowest BCUT2D eigenvalue weighted by molar-refractivity contribution is -0.385. The molecule has 0 bridgehead atoms. The molecular weight excluding hydrogens is 1620 g/mol. The minimum atomic E-state index is -1.80. The number of primary amides is 2. The molecule has 2 heterocycles. The first-order chi connectivity index (χ1) is 57.2. The number of rotatable bonds is 58. The Hall–Kier alpha value is -10.5. The van der Waals surface area contributed by atoms with Crippen LogP contribution >= 0.6 is 21.6 Å². The molecule has 0 radical (unpaired) electrons. The van der Waals surface area contributed by atoms with Gasteiger partial charge in [0.1, 0.15) is 72.0 Å². The van der Waals surface area contributed by atoms with Crippen molar-refractivity contribution in [1.29, 1.82) is 0 Å². The number of aliphatic hydroxyl groups is 3. The monoisotopic (exact) mass is 1740 g/mol. The van der Waals surface area contributed by atoms with Crippen LogP contribution in [0, 0.1) is 27.9 Å². The van der Waals surface area contributed by atoms with E-state index in [2.05, 4.69) is 58.2 Å². The van der Waals surface area contributed by atoms with Crippen LogP contribution in [-0.4, -0.2) is 238 Å². The Morgan fingerprint density at radius 1 is 0.554 bits per heavy atom. The highest BCUT2D eigenvalue weighted by atomic mass is 33.1. The number of aromatic nitrogens is 1. The summed E-state index contributed by atoms with van der Waals surface area (Å²) in [6, 6.07) is -5.97. The van der Waals surface area contributed by atoms with Crippen molar-refractivity contribution in [2.24, 2.45) is 29.2 Å². The van der Waals surface area contributed by atoms with E-state index in [9.17, 15) is 117 Å². The molecule has 13 amide bonds. The van der Waals surface area contributed by atoms with Gasteiger partial charge >= 0.3 is 17.9 Å². The fourth-order valence-electron chi connectivity index (χ4n) is 13.5. The Morgan fingerprint density at radius 3 is 1.54 bits per heavy atom. The van der Waals surface area contributed by atoms with Crippen LogP contribution in [0.15, 0.2) is 53.6 Å². The number of benzene rings is 2. The molecule has 0 spiro atoms. The number of nitrogens with one attached hydrogen (secondary N) is 11. The number of nitrogens with two attached hydrogens (primary N) is 2. The predicted molar refractivity (Wildman–Crippen MR) is 445 cm³/mol. The van der Waals surface area contributed by atoms with E-state index in [0.29, 0.717) is 50.6 Å². The fourth-order valence-corrected chi connectivity index (χ4v) is 15.7. The van der Waals surface area contributed by atoms with Crippen molar-refractivity contribution in [2.75, 3.05) is 18.9 Å². The van der Waals surface area contributed by atoms with Crippen molar-refractivity contribution in [3.8, 4) is 0 Å². The van der Waals surface area contributed by atoms with Crippen LogP contribution in [0.4, 0.5) is 5.69 Å². The number of amides is 13. The number of hydrogen-bond acceptors (Lipinski definition) is 23. The van der Waals surface area contributed by atoms with Gasteiger partial charge in [0.2, 0.25) is 76.8 Å². The second-order valence-corrected chi connectivity index (χ2v) is 33.7. The van der Waals surface area contributed by atoms with Crippen LogP contribution in [-0.2, 0) is 78.3 Å². The van der Waals surface area contributed by atoms with E-state index < -0.39 is 203 Å². The van der Waals surface area contributed by atoms with Crippen molar-refractivity contribution in [1.82, 2.24) is 63.1 Å². The number of fused-ring (bicyclic) bond motifs is 1. The van der Waals surface area contributed by atoms with Crippen molar-refractivity contribution in [3.63, 3.8) is 0 Å². The highest BCUT2D eigenvalue weighted by Crippen LogP contribution is 2.35. The second-order valence-electron chi connectivity index (χ2n) is 31.3. The van der Waals surface area contributed by atoms with Crippen LogP contribution in [0.1, 0.15) is 213 Å². The van der Waals surface area contributed by atoms with E-state index in [0.717, 1.165) is 109 Å². The Labute approximate surface area is 709 Å². The number of carbonyl (C=O) groups is 16. The highest BCUT2D eigenvalue weighted by Gasteiger charge is 2.41. The van der Waals surface area contributed by atoms with Crippen LogP contribution in [0.5, 0.6) is 0 Å². The molecule has 39 nitrogen and oxygen atoms in total. The molecule has 0 saturated carbocycles. The summed E-state index contributed by atoms with van der Waals surface area (Å²) in [6.45, 7) is 12.1. The molecule has 21 N–H and O–H groups in total. The van der Waals surface area contributed by atoms with Crippen molar-refractivity contribution >= 4 is 133 Å². The second kappa shape index (κ2) is 52.6. The van der Waals surface area contributed by atoms with E-state index >= 15 is 0 Å². The van der Waals surface area contributed by atoms with Gasteiger partial charge in [-0.05, 0) is 100 Å². The number of para-hydroxylation sites is 1. The largest absolute Gasteiger partial charge is 0.480 e. The van der Waals surface area contributed by atoms with Gasteiger partial charge < -0.3 is 105 Å². The number of likely N-dealkylation sites (tertiary alicyclic amines) is 1. The van der Waals surface area contributed by atoms with Gasteiger partial charge in [0.05, 0.1) is 30.2 Å². The van der Waals surface area contributed by atoms with E-state index in [4.69, 9.17) is 11.5 Å². The lowest BCUT2D eigenvalue weighted by Crippen LogP contribution is -2.62. The smallest absolute Gasteiger partial charge is 0.342 e. The summed E-state index contributed by atoms with van der Waals surface area (Å²) in [5.74, 6) is -17.3. The van der Waals surface area contributed by atoms with Crippen LogP contribution < -0.4 is 64.6 Å². The van der Waals surface area contributed by atoms with E-state index in [1.807, 2.05) is 18.2 Å². The third kappa shape index (κ3) is 35.6. The molecule has 1 fully saturated rings. The number of carboxylic acid groups (broad SMARTS) is 3. The average molecular weight is 1740 g/mol. The minimum absolute atomic E-state index is 0.00289. The fraction of sp³-hybridized carbons (Fsp3) is 0.625. The Bertz CT molecular complexity index is 4050. The van der Waals surface area contributed by atoms with Crippen molar-refractivity contribution < 1.29 is 112 Å². The number of aromatic carboxylic acids is 1. The summed E-state index contributed by atoms with van der Waals surface area (Å²) >= 11 is 0. The number of hydrogen-bond donors (Lipinski definition) is 19. The summed E-state index contributed by atoms with van der Waals surface area (Å²) in [6.07, 6.45) is 7.98. The first-order valence-electron chi connectivity index (χ1n) is 40.9. The van der Waals surface area contributed by atoms with Crippen molar-refractivity contribution in [2.45, 2.75) is 287 Å². The van der Waals surface area contributed by atoms with Gasteiger partial charge in [0, 0.05) is 66.0 Å². The Morgan fingerprint density at radius 2 is 1.03 bits per heavy atom. The third-order valence-corrected chi connectivity index (χ3v) is 22.7. The first-order valence-corrected chi connectivity index (χ1v) is 43.2. The number of aliphatic carboxylic acids is 2. The predicted octanol–water partition coefficient (Wildman–Crippen LogP) is 2.26. The summed E-state index contributed by atoms with van der Waals surface area (Å²) in [7, 11) is 1.66. The molecule has 14 atom stereocenters. The number of nitro benzene ring substituents is 1. The van der Waals surface area contributed by atoms with Gasteiger partial charge in [-0.25, -0.2) is 14.4 Å². The average Bonchev–Trinajstić information content (AvgIpc) is 1.62. The summed E-state index contributed by atoms with van der Waals surface area (Å²) < 4.78 is 0. The van der Waals surface area contributed by atoms with Crippen LogP contribution in [0.2, 0.25) is 0 Å². The molecule has 2 aromatic carbocycles. The molecule has 121 heavy (non-hydrogen) atoms. The zero-order valence-corrected chi connectivity index (χ0v) is 71.3. The minimum Gasteiger partial charge on any atom is -0.480 e. The third-order valence-electron chi connectivity index (χ3n) is 20.3. The lowest BCUT2D eigenvalue weighted by Gasteiger charge is -2.30. The summed E-state index contributed by atoms with van der Waals surface area (Å²) in [4.78, 5) is 227. The maximum atomic E-state index is 14.2. The quantitative estimate of drug-likeness (QED) is 0.0167. The summed E-state index contributed by atoms with van der Waals surface area (Å²) in [5.41, 5.74) is 11.0. The van der Waals surface area contributed by atoms with Gasteiger partial charge in [-0.3, -0.25) is 72.4 Å². The first kappa shape index (κ1) is 103. The number of aromatic amines is 1. The number of aliphatic hydroxyl groups excluding tert-OH is 3. The summed E-state index contributed by atoms with van der Waals surface area (Å²) in [5, 5.41) is 97.8. The van der Waals surface area contributed by atoms with Gasteiger partial charge in [0.25, 0.3) is 5.69 Å². The molecular formula is C80H121N15O24S2. The van der Waals surface area contributed by atoms with Crippen LogP contribution in [0.3, 0.4) is 0 Å². The Balaban J connectivity index is 1.18. The van der Waals surface area contributed by atoms with Crippen LogP contribution in [0.25, 0.3) is 10.9 Å². The topological polar surface area (TPSA) is 629 Å². The molecule has 41 heteroatoms. The standard InChI is InChI=1S/C80H121N15O24S2/c1-9-45(6)66(75(109)93-68(47(8)98)77(111)88-55(36-44(4)5)71(105)89-57(79(114)115)37-48-40-83-52-26-23-22-25-50(48)52)91-69(103)53(31-33-62(81)99)85-74(108)61-27-24-34-94(61)65(102)29-21-19-17-15-13-11-10-12-14-16-18-20-28-64(101)84-58(41-96)73(107)92-67(46(7)97)76(110)87-54(35-43(2)3)70(104)86-56(39-63(82)100)72(106)90-59(80(116)117)42-120-121-49-30-32-60(95(118)119)51(38-49)78(112)113/h22-23,25-26,30,32,38,40,43-47,53-59,61,66-68,83,96-98H,9-21,24,27-29,31,33-37,39,41-42H2,1-8H3,(H2,81,99)(H2,82,100)(H,84,101)(H,85,108)(H,86,104)(H,87,110)(H,88,111)(H,89,105)(H,90,106)(H,91,103)(H,92,107)(H,93,109)(H,112,113)(H,114,115)(H,116,117)/t45-,46+,47?,53-,54-,55-,56-,57-,58-,59-,61?,66-,67-,68-/m0/s1. The molecule has 3 aromatic rings. The molecule has 1 saturated heterocycles. The zero-order valence-electron chi connectivity index (χ0n) is 69.6. The molecule has 1 aliphatic rings. The molecule has 2 unspecified atom stereocenters. The number of H-pyrrole nitrogens is 1. The Kier molecular flexibility index (Phi) is 44.7. The number of carbonyl (C=O) groups excluding carboxylic acids is 13. The van der Waals surface area contributed by atoms with Gasteiger partial charge in [-0.15, -0.1) is 0 Å². The molecule has 672 valence electrons. The van der Waals surface area contributed by atoms with E-state index in [1.165, 1.54) is 17.9 Å². The van der Waals surface area contributed by atoms with E-state index in [-0.39, 0.29) is 73.3 Å². The number of carboxylic acids is 3. The van der Waals surface area contributed by atoms with E-state index in [1.54, 1.807) is 53.8 Å².